The minimum absolute atomic E-state index is 0.0123. The molecule has 7 nitrogen and oxygen atoms in total. The molecule has 0 aromatic heterocycles. The summed E-state index contributed by atoms with van der Waals surface area (Å²) in [4.78, 5) is 40.8. The molecule has 2 heterocycles. The predicted octanol–water partition coefficient (Wildman–Crippen LogP) is 3.04. The zero-order valence-corrected chi connectivity index (χ0v) is 18.3. The summed E-state index contributed by atoms with van der Waals surface area (Å²) in [5, 5.41) is 6.06. The van der Waals surface area contributed by atoms with Crippen LogP contribution in [0.1, 0.15) is 33.6 Å². The smallest absolute Gasteiger partial charge is 0.322 e. The quantitative estimate of drug-likeness (QED) is 0.689. The third-order valence-corrected chi connectivity index (χ3v) is 6.17. The van der Waals surface area contributed by atoms with Crippen molar-refractivity contribution in [3.05, 3.63) is 28.2 Å². The number of imide groups is 1. The summed E-state index contributed by atoms with van der Waals surface area (Å²) >= 11 is 12.3. The first-order valence-electron chi connectivity index (χ1n) is 9.78. The van der Waals surface area contributed by atoms with Gasteiger partial charge in [0, 0.05) is 47.3 Å². The van der Waals surface area contributed by atoms with Gasteiger partial charge in [-0.2, -0.15) is 0 Å². The van der Waals surface area contributed by atoms with Crippen LogP contribution in [-0.4, -0.2) is 54.0 Å². The van der Waals surface area contributed by atoms with Gasteiger partial charge in [0.15, 0.2) is 0 Å². The van der Waals surface area contributed by atoms with Gasteiger partial charge in [0.05, 0.1) is 0 Å². The highest BCUT2D eigenvalue weighted by atomic mass is 35.5. The first-order valence-corrected chi connectivity index (χ1v) is 10.5. The van der Waals surface area contributed by atoms with E-state index >= 15 is 0 Å². The molecule has 0 radical (unpaired) electrons. The number of nitrogens with zero attached hydrogens (tertiary/aromatic N) is 2. The summed E-state index contributed by atoms with van der Waals surface area (Å²) in [6.45, 7) is 7.43. The third kappa shape index (κ3) is 4.61. The van der Waals surface area contributed by atoms with E-state index in [-0.39, 0.29) is 30.2 Å². The average Bonchev–Trinajstić information content (AvgIpc) is 2.89. The molecule has 0 aliphatic carbocycles. The van der Waals surface area contributed by atoms with Crippen LogP contribution in [0.5, 0.6) is 0 Å². The van der Waals surface area contributed by atoms with Gasteiger partial charge >= 0.3 is 6.03 Å². The fraction of sp³-hybridized carbons (Fsp3) is 0.550. The fourth-order valence-corrected chi connectivity index (χ4v) is 4.64. The number of carbonyl (C=O) groups is 3. The average molecular weight is 441 g/mol. The van der Waals surface area contributed by atoms with E-state index in [0.717, 1.165) is 5.69 Å². The first kappa shape index (κ1) is 21.7. The molecule has 3 rings (SSSR count). The van der Waals surface area contributed by atoms with E-state index in [2.05, 4.69) is 22.5 Å². The topological polar surface area (TPSA) is 81.8 Å². The fourth-order valence-electron chi connectivity index (χ4n) is 4.13. The number of carbonyl (C=O) groups excluding carboxylic acids is 3. The van der Waals surface area contributed by atoms with E-state index in [1.807, 2.05) is 24.0 Å². The Balaban J connectivity index is 1.67. The largest absolute Gasteiger partial charge is 0.365 e. The number of halogens is 2. The molecular weight excluding hydrogens is 415 g/mol. The van der Waals surface area contributed by atoms with E-state index in [1.165, 1.54) is 0 Å². The number of amides is 4. The van der Waals surface area contributed by atoms with Crippen LogP contribution in [0.2, 0.25) is 10.0 Å². The van der Waals surface area contributed by atoms with Crippen molar-refractivity contribution in [1.29, 1.82) is 0 Å². The summed E-state index contributed by atoms with van der Waals surface area (Å²) in [6, 6.07) is 5.02. The van der Waals surface area contributed by atoms with Gasteiger partial charge in [-0.1, -0.05) is 30.1 Å². The lowest BCUT2D eigenvalue weighted by atomic mass is 9.86. The van der Waals surface area contributed by atoms with Gasteiger partial charge in [-0.3, -0.25) is 14.9 Å². The molecule has 9 heteroatoms. The summed E-state index contributed by atoms with van der Waals surface area (Å²) in [6.07, 6.45) is 0.870. The van der Waals surface area contributed by atoms with Gasteiger partial charge in [0.25, 0.3) is 5.91 Å². The molecule has 2 fully saturated rings. The number of piperazine rings is 1. The standard InChI is InChI=1S/C20H26Cl2N4O3/c1-4-13(10-20(3)18(28)23-19(29)24-20)17(27)25-5-6-26(12(2)11-25)16-8-14(21)7-15(22)9-16/h7-9,12-13H,4-6,10-11H2,1-3H3,(H2,23,24,28,29)/t12-,13?,20?/m0/s1. The Morgan fingerprint density at radius 2 is 1.90 bits per heavy atom. The van der Waals surface area contributed by atoms with Crippen LogP contribution in [-0.2, 0) is 9.59 Å². The van der Waals surface area contributed by atoms with Gasteiger partial charge in [-0.15, -0.1) is 0 Å². The molecule has 2 saturated heterocycles. The highest BCUT2D eigenvalue weighted by Gasteiger charge is 2.45. The number of benzene rings is 1. The first-order chi connectivity index (χ1) is 13.6. The maximum Gasteiger partial charge on any atom is 0.322 e. The van der Waals surface area contributed by atoms with Crippen LogP contribution in [0.25, 0.3) is 0 Å². The van der Waals surface area contributed by atoms with Gasteiger partial charge in [-0.05, 0) is 44.9 Å². The maximum absolute atomic E-state index is 13.2. The van der Waals surface area contributed by atoms with Crippen LogP contribution in [0.3, 0.4) is 0 Å². The molecular formula is C20H26Cl2N4O3. The van der Waals surface area contributed by atoms with Crippen LogP contribution < -0.4 is 15.5 Å². The molecule has 29 heavy (non-hydrogen) atoms. The molecule has 0 bridgehead atoms. The molecule has 2 aliphatic rings. The van der Waals surface area contributed by atoms with E-state index in [0.29, 0.717) is 36.1 Å². The minimum atomic E-state index is -1.06. The van der Waals surface area contributed by atoms with Crippen LogP contribution in [0, 0.1) is 5.92 Å². The lowest BCUT2D eigenvalue weighted by Gasteiger charge is -2.42. The van der Waals surface area contributed by atoms with Crippen LogP contribution >= 0.6 is 23.2 Å². The molecule has 2 unspecified atom stereocenters. The lowest BCUT2D eigenvalue weighted by molar-refractivity contribution is -0.137. The summed E-state index contributed by atoms with van der Waals surface area (Å²) < 4.78 is 0. The van der Waals surface area contributed by atoms with E-state index in [9.17, 15) is 14.4 Å². The summed E-state index contributed by atoms with van der Waals surface area (Å²) in [5.41, 5.74) is -0.120. The number of rotatable bonds is 5. The van der Waals surface area contributed by atoms with Gasteiger partial charge in [-0.25, -0.2) is 4.79 Å². The van der Waals surface area contributed by atoms with Crippen LogP contribution in [0.4, 0.5) is 10.5 Å². The minimum Gasteiger partial charge on any atom is -0.365 e. The van der Waals surface area contributed by atoms with E-state index in [1.54, 1.807) is 13.0 Å². The van der Waals surface area contributed by atoms with E-state index < -0.39 is 11.6 Å². The highest BCUT2D eigenvalue weighted by Crippen LogP contribution is 2.30. The Morgan fingerprint density at radius 1 is 1.24 bits per heavy atom. The maximum atomic E-state index is 13.2. The number of hydrogen-bond acceptors (Lipinski definition) is 4. The Morgan fingerprint density at radius 3 is 2.41 bits per heavy atom. The molecule has 2 N–H and O–H groups in total. The second kappa shape index (κ2) is 8.40. The number of urea groups is 1. The van der Waals surface area contributed by atoms with Crippen molar-refractivity contribution < 1.29 is 14.4 Å². The monoisotopic (exact) mass is 440 g/mol. The van der Waals surface area contributed by atoms with Gasteiger partial charge in [0.1, 0.15) is 5.54 Å². The lowest BCUT2D eigenvalue weighted by Crippen LogP contribution is -2.56. The molecule has 4 amide bonds. The van der Waals surface area contributed by atoms with Crippen molar-refractivity contribution in [1.82, 2.24) is 15.5 Å². The van der Waals surface area contributed by atoms with Crippen molar-refractivity contribution in [3.63, 3.8) is 0 Å². The van der Waals surface area contributed by atoms with E-state index in [4.69, 9.17) is 23.2 Å². The van der Waals surface area contributed by atoms with Crippen LogP contribution in [0.15, 0.2) is 18.2 Å². The van der Waals surface area contributed by atoms with Crippen molar-refractivity contribution >= 4 is 46.7 Å². The molecule has 1 aromatic rings. The Bertz CT molecular complexity index is 814. The number of nitrogens with one attached hydrogen (secondary N) is 2. The van der Waals surface area contributed by atoms with Crippen molar-refractivity contribution in [2.24, 2.45) is 5.92 Å². The summed E-state index contributed by atoms with van der Waals surface area (Å²) in [5.74, 6) is -0.716. The normalized spacial score (nSPS) is 25.6. The number of anilines is 1. The molecule has 3 atom stereocenters. The molecule has 1 aromatic carbocycles. The third-order valence-electron chi connectivity index (χ3n) is 5.73. The van der Waals surface area contributed by atoms with Gasteiger partial charge < -0.3 is 15.1 Å². The van der Waals surface area contributed by atoms with Gasteiger partial charge in [0.2, 0.25) is 5.91 Å². The summed E-state index contributed by atoms with van der Waals surface area (Å²) in [7, 11) is 0. The number of hydrogen-bond donors (Lipinski definition) is 2. The highest BCUT2D eigenvalue weighted by molar-refractivity contribution is 6.35. The Hall–Kier alpha value is -1.99. The predicted molar refractivity (Wildman–Crippen MR) is 113 cm³/mol. The zero-order chi connectivity index (χ0) is 21.3. The second-order valence-electron chi connectivity index (χ2n) is 8.00. The molecule has 0 saturated carbocycles. The van der Waals surface area contributed by atoms with Crippen molar-refractivity contribution in [3.8, 4) is 0 Å². The van der Waals surface area contributed by atoms with Crippen molar-refractivity contribution in [2.75, 3.05) is 24.5 Å². The Kier molecular flexibility index (Phi) is 6.29. The Labute approximate surface area is 180 Å². The molecule has 2 aliphatic heterocycles. The SMILES string of the molecule is CCC(CC1(C)NC(=O)NC1=O)C(=O)N1CCN(c2cc(Cl)cc(Cl)c2)[C@@H](C)C1. The molecule has 158 valence electrons. The molecule has 0 spiro atoms. The van der Waals surface area contributed by atoms with Crippen molar-refractivity contribution in [2.45, 2.75) is 45.2 Å². The zero-order valence-electron chi connectivity index (χ0n) is 16.8. The second-order valence-corrected chi connectivity index (χ2v) is 8.88.